The molecule has 3 aromatic rings. The fourth-order valence-corrected chi connectivity index (χ4v) is 5.54. The Bertz CT molecular complexity index is 1510. The smallest absolute Gasteiger partial charge is 0.0714 e. The quantitative estimate of drug-likeness (QED) is 0.372. The van der Waals surface area contributed by atoms with E-state index in [0.717, 1.165) is 48.9 Å². The molecule has 0 amide bonds. The van der Waals surface area contributed by atoms with Gasteiger partial charge in [-0.1, -0.05) is 91.1 Å². The molecule has 0 heterocycles. The van der Waals surface area contributed by atoms with Crippen LogP contribution in [0.5, 0.6) is 0 Å². The summed E-state index contributed by atoms with van der Waals surface area (Å²) in [6.45, 7) is 0. The van der Waals surface area contributed by atoms with Gasteiger partial charge in [0.05, 0.1) is 17.7 Å². The van der Waals surface area contributed by atoms with Crippen LogP contribution in [0.1, 0.15) is 48.3 Å². The number of allylic oxidation sites excluding steroid dienone is 7. The molecule has 6 rings (SSSR count). The Morgan fingerprint density at radius 3 is 2.73 bits per heavy atom. The topological polar surface area (TPSA) is 36.1 Å². The maximum absolute atomic E-state index is 9.25. The van der Waals surface area contributed by atoms with E-state index in [1.807, 2.05) is 18.2 Å². The summed E-state index contributed by atoms with van der Waals surface area (Å²) in [4.78, 5) is 5.07. The lowest BCUT2D eigenvalue weighted by Crippen LogP contribution is -2.10. The summed E-state index contributed by atoms with van der Waals surface area (Å²) in [7, 11) is 0. The molecule has 0 spiro atoms. The van der Waals surface area contributed by atoms with Gasteiger partial charge < -0.3 is 0 Å². The SMILES string of the molecule is N#CC1C=Cc2cc(C3C=CC=C(C4=CCC(=Nc5ccccc5-c5c#cccc5)CC4)C3)ccc2C1. The maximum atomic E-state index is 9.25. The highest BCUT2D eigenvalue weighted by Gasteiger charge is 2.21. The first-order valence-electron chi connectivity index (χ1n) is 13.1. The molecule has 0 aliphatic heterocycles. The van der Waals surface area contributed by atoms with Crippen LogP contribution in [0.15, 0.2) is 107 Å². The van der Waals surface area contributed by atoms with Gasteiger partial charge >= 0.3 is 0 Å². The number of nitriles is 1. The highest BCUT2D eigenvalue weighted by atomic mass is 14.8. The fraction of sp³-hybridized carbons (Fsp3) is 0.200. The van der Waals surface area contributed by atoms with Crippen LogP contribution in [0.3, 0.4) is 0 Å². The van der Waals surface area contributed by atoms with E-state index < -0.39 is 0 Å². The van der Waals surface area contributed by atoms with E-state index in [0.29, 0.717) is 5.92 Å². The molecule has 0 bridgehead atoms. The molecule has 0 aromatic heterocycles. The highest BCUT2D eigenvalue weighted by molar-refractivity contribution is 5.91. The molecule has 2 unspecified atom stereocenters. The molecule has 0 N–H and O–H groups in total. The molecular formula is C35H28N2. The van der Waals surface area contributed by atoms with Crippen molar-refractivity contribution in [3.8, 4) is 17.2 Å². The van der Waals surface area contributed by atoms with Crippen molar-refractivity contribution in [1.29, 1.82) is 5.26 Å². The zero-order chi connectivity index (χ0) is 25.0. The molecule has 3 aliphatic rings. The number of benzene rings is 2. The second-order valence-corrected chi connectivity index (χ2v) is 9.98. The van der Waals surface area contributed by atoms with Gasteiger partial charge in [0.15, 0.2) is 0 Å². The molecule has 2 atom stereocenters. The summed E-state index contributed by atoms with van der Waals surface area (Å²) in [5.74, 6) is 0.381. The van der Waals surface area contributed by atoms with Gasteiger partial charge in [0, 0.05) is 29.2 Å². The van der Waals surface area contributed by atoms with Crippen molar-refractivity contribution in [3.05, 3.63) is 131 Å². The predicted octanol–water partition coefficient (Wildman–Crippen LogP) is 8.52. The van der Waals surface area contributed by atoms with Crippen LogP contribution in [-0.4, -0.2) is 5.71 Å². The number of hydrogen-bond donors (Lipinski definition) is 0. The zero-order valence-electron chi connectivity index (χ0n) is 20.8. The second-order valence-electron chi connectivity index (χ2n) is 9.98. The molecule has 2 nitrogen and oxygen atoms in total. The summed E-state index contributed by atoms with van der Waals surface area (Å²) >= 11 is 0. The minimum absolute atomic E-state index is 0.00205. The Morgan fingerprint density at radius 2 is 1.89 bits per heavy atom. The first-order chi connectivity index (χ1) is 18.3. The lowest BCUT2D eigenvalue weighted by atomic mass is 9.80. The molecule has 178 valence electrons. The van der Waals surface area contributed by atoms with Gasteiger partial charge in [0.25, 0.3) is 0 Å². The van der Waals surface area contributed by atoms with E-state index in [1.54, 1.807) is 0 Å². The van der Waals surface area contributed by atoms with E-state index in [2.05, 4.69) is 97.1 Å². The summed E-state index contributed by atoms with van der Waals surface area (Å²) in [5, 5.41) is 9.25. The van der Waals surface area contributed by atoms with Gasteiger partial charge in [0.2, 0.25) is 0 Å². The molecule has 3 aromatic carbocycles. The van der Waals surface area contributed by atoms with Gasteiger partial charge in [-0.15, -0.1) is 0 Å². The van der Waals surface area contributed by atoms with Crippen molar-refractivity contribution in [3.63, 3.8) is 0 Å². The van der Waals surface area contributed by atoms with E-state index in [4.69, 9.17) is 4.99 Å². The van der Waals surface area contributed by atoms with Crippen LogP contribution in [0.4, 0.5) is 5.69 Å². The Balaban J connectivity index is 1.16. The second kappa shape index (κ2) is 10.3. The van der Waals surface area contributed by atoms with Crippen LogP contribution >= 0.6 is 0 Å². The molecule has 0 saturated heterocycles. The van der Waals surface area contributed by atoms with Crippen molar-refractivity contribution in [2.24, 2.45) is 10.9 Å². The van der Waals surface area contributed by atoms with Gasteiger partial charge in [0.1, 0.15) is 0 Å². The standard InChI is InChI=1S/C35H28N2/c36-24-25-13-14-31-23-32(16-15-30(31)21-25)29-10-6-9-28(22-29)26-17-19-33(20-18-26)37-35-12-5-4-11-34(35)27-7-2-1-3-8-27/h1-2,4-7,9-17,23,25,29H,18-22H2. The van der Waals surface area contributed by atoms with Crippen LogP contribution in [0, 0.1) is 29.4 Å². The van der Waals surface area contributed by atoms with Gasteiger partial charge in [-0.2, -0.15) is 5.26 Å². The van der Waals surface area contributed by atoms with Gasteiger partial charge in [-0.05, 0) is 71.7 Å². The third-order valence-electron chi connectivity index (χ3n) is 7.59. The lowest BCUT2D eigenvalue weighted by molar-refractivity contribution is 0.788. The number of fused-ring (bicyclic) bond motifs is 1. The molecule has 0 saturated carbocycles. The summed E-state index contributed by atoms with van der Waals surface area (Å²) in [5.41, 5.74) is 11.2. The average molecular weight is 477 g/mol. The van der Waals surface area contributed by atoms with E-state index in [9.17, 15) is 5.26 Å². The molecular weight excluding hydrogens is 448 g/mol. The summed E-state index contributed by atoms with van der Waals surface area (Å²) in [6, 6.07) is 29.7. The Kier molecular flexibility index (Phi) is 6.41. The Morgan fingerprint density at radius 1 is 0.946 bits per heavy atom. The van der Waals surface area contributed by atoms with Crippen molar-refractivity contribution < 1.29 is 0 Å². The Labute approximate surface area is 219 Å². The first-order valence-corrected chi connectivity index (χ1v) is 13.1. The number of para-hydroxylation sites is 1. The van der Waals surface area contributed by atoms with Gasteiger partial charge in [-0.3, -0.25) is 4.99 Å². The Hall–Kier alpha value is -4.40. The molecule has 0 radical (unpaired) electrons. The largest absolute Gasteiger partial charge is 0.257 e. The summed E-state index contributed by atoms with van der Waals surface area (Å²) in [6.07, 6.45) is 18.1. The molecule has 2 heteroatoms. The predicted molar refractivity (Wildman–Crippen MR) is 151 cm³/mol. The van der Waals surface area contributed by atoms with E-state index in [-0.39, 0.29) is 5.92 Å². The number of nitrogens with zero attached hydrogens (tertiary/aromatic N) is 2. The monoisotopic (exact) mass is 476 g/mol. The average Bonchev–Trinajstić information content (AvgIpc) is 2.98. The van der Waals surface area contributed by atoms with Crippen LogP contribution < -0.4 is 0 Å². The molecule has 0 fully saturated rings. The van der Waals surface area contributed by atoms with Crippen molar-refractivity contribution >= 4 is 17.5 Å². The minimum Gasteiger partial charge on any atom is -0.257 e. The first kappa shape index (κ1) is 23.0. The van der Waals surface area contributed by atoms with Crippen LogP contribution in [0.2, 0.25) is 0 Å². The third kappa shape index (κ3) is 4.97. The van der Waals surface area contributed by atoms with Crippen molar-refractivity contribution in [2.45, 2.75) is 38.0 Å². The number of hydrogen-bond acceptors (Lipinski definition) is 2. The summed E-state index contributed by atoms with van der Waals surface area (Å²) < 4.78 is 0. The number of aliphatic imine (C=N–C) groups is 1. The van der Waals surface area contributed by atoms with Crippen molar-refractivity contribution in [2.75, 3.05) is 0 Å². The molecule has 3 aliphatic carbocycles. The van der Waals surface area contributed by atoms with Crippen LogP contribution in [0.25, 0.3) is 17.2 Å². The third-order valence-corrected chi connectivity index (χ3v) is 7.59. The van der Waals surface area contributed by atoms with E-state index in [1.165, 1.54) is 33.5 Å². The minimum atomic E-state index is -0.00205. The number of rotatable bonds is 4. The fourth-order valence-electron chi connectivity index (χ4n) is 5.54. The van der Waals surface area contributed by atoms with Crippen molar-refractivity contribution in [1.82, 2.24) is 0 Å². The zero-order valence-corrected chi connectivity index (χ0v) is 20.8. The maximum Gasteiger partial charge on any atom is 0.0714 e. The lowest BCUT2D eigenvalue weighted by Gasteiger charge is -2.24. The van der Waals surface area contributed by atoms with E-state index >= 15 is 0 Å². The van der Waals surface area contributed by atoms with Crippen LogP contribution in [-0.2, 0) is 6.42 Å². The highest BCUT2D eigenvalue weighted by Crippen LogP contribution is 2.37. The van der Waals surface area contributed by atoms with Gasteiger partial charge in [-0.25, -0.2) is 0 Å². The molecule has 37 heavy (non-hydrogen) atoms. The normalized spacial score (nSPS) is 21.4.